The molecule has 1 rings (SSSR count). The van der Waals surface area contributed by atoms with Gasteiger partial charge in [-0.05, 0) is 38.1 Å². The van der Waals surface area contributed by atoms with E-state index < -0.39 is 23.0 Å². The molecule has 0 heterocycles. The number of carboxylic acids is 1. The molecule has 1 amide bonds. The lowest BCUT2D eigenvalue weighted by molar-refractivity contribution is -0.146. The van der Waals surface area contributed by atoms with Gasteiger partial charge in [-0.15, -0.1) is 0 Å². The molecule has 1 aromatic rings. The summed E-state index contributed by atoms with van der Waals surface area (Å²) in [6.07, 6.45) is 0. The molecule has 0 bridgehead atoms. The fraction of sp³-hybridized carbons (Fsp3) is 0.385. The molecule has 0 atom stereocenters. The predicted octanol–water partition coefficient (Wildman–Crippen LogP) is 2.84. The average Bonchev–Trinajstić information content (AvgIpc) is 2.36. The zero-order valence-corrected chi connectivity index (χ0v) is 11.8. The van der Waals surface area contributed by atoms with E-state index in [0.29, 0.717) is 22.2 Å². The van der Waals surface area contributed by atoms with Gasteiger partial charge in [0, 0.05) is 17.0 Å². The van der Waals surface area contributed by atoms with E-state index in [1.165, 1.54) is 38.1 Å². The van der Waals surface area contributed by atoms with Crippen LogP contribution in [0.5, 0.6) is 0 Å². The molecule has 0 saturated heterocycles. The Hall–Kier alpha value is -1.63. The highest BCUT2D eigenvalue weighted by molar-refractivity contribution is 7.99. The Balaban J connectivity index is 2.62. The van der Waals surface area contributed by atoms with E-state index in [1.54, 1.807) is 0 Å². The number of carbonyl (C=O) groups is 2. The predicted molar refractivity (Wildman–Crippen MR) is 72.1 cm³/mol. The SMILES string of the molecule is CC(C)(CNC(=O)c1ccc(SC(F)F)cc1)C(=O)O. The first-order valence-corrected chi connectivity index (χ1v) is 6.67. The Morgan fingerprint density at radius 3 is 2.30 bits per heavy atom. The summed E-state index contributed by atoms with van der Waals surface area (Å²) in [7, 11) is 0. The smallest absolute Gasteiger partial charge is 0.310 e. The summed E-state index contributed by atoms with van der Waals surface area (Å²) >= 11 is 0.398. The molecule has 0 spiro atoms. The van der Waals surface area contributed by atoms with Gasteiger partial charge in [0.05, 0.1) is 5.41 Å². The summed E-state index contributed by atoms with van der Waals surface area (Å²) in [5, 5.41) is 11.4. The van der Waals surface area contributed by atoms with Gasteiger partial charge < -0.3 is 10.4 Å². The number of benzene rings is 1. The lowest BCUT2D eigenvalue weighted by Gasteiger charge is -2.19. The third-order valence-corrected chi connectivity index (χ3v) is 3.33. The molecule has 110 valence electrons. The van der Waals surface area contributed by atoms with Crippen molar-refractivity contribution in [2.45, 2.75) is 24.5 Å². The molecule has 0 aliphatic rings. The zero-order chi connectivity index (χ0) is 15.3. The van der Waals surface area contributed by atoms with Crippen LogP contribution in [-0.4, -0.2) is 29.3 Å². The van der Waals surface area contributed by atoms with E-state index in [9.17, 15) is 18.4 Å². The number of carboxylic acid groups (broad SMARTS) is 1. The van der Waals surface area contributed by atoms with Gasteiger partial charge in [-0.25, -0.2) is 0 Å². The summed E-state index contributed by atoms with van der Waals surface area (Å²) in [4.78, 5) is 23.0. The van der Waals surface area contributed by atoms with Crippen molar-refractivity contribution in [3.63, 3.8) is 0 Å². The van der Waals surface area contributed by atoms with Gasteiger partial charge in [0.1, 0.15) is 0 Å². The Morgan fingerprint density at radius 2 is 1.85 bits per heavy atom. The number of hydrogen-bond donors (Lipinski definition) is 2. The maximum Gasteiger partial charge on any atom is 0.310 e. The number of nitrogens with one attached hydrogen (secondary N) is 1. The summed E-state index contributed by atoms with van der Waals surface area (Å²) < 4.78 is 24.3. The van der Waals surface area contributed by atoms with E-state index >= 15 is 0 Å². The van der Waals surface area contributed by atoms with Crippen LogP contribution in [0.1, 0.15) is 24.2 Å². The number of thioether (sulfide) groups is 1. The molecule has 0 radical (unpaired) electrons. The van der Waals surface area contributed by atoms with Crippen LogP contribution in [0.15, 0.2) is 29.2 Å². The van der Waals surface area contributed by atoms with Crippen molar-refractivity contribution in [3.05, 3.63) is 29.8 Å². The van der Waals surface area contributed by atoms with Crippen LogP contribution in [0.4, 0.5) is 8.78 Å². The molecular formula is C13H15F2NO3S. The minimum absolute atomic E-state index is 0.0191. The van der Waals surface area contributed by atoms with E-state index in [4.69, 9.17) is 5.11 Å². The molecule has 0 saturated carbocycles. The Bertz CT molecular complexity index is 489. The Morgan fingerprint density at radius 1 is 1.30 bits per heavy atom. The van der Waals surface area contributed by atoms with Gasteiger partial charge in [-0.2, -0.15) is 8.78 Å². The number of hydrogen-bond acceptors (Lipinski definition) is 3. The highest BCUT2D eigenvalue weighted by Crippen LogP contribution is 2.25. The summed E-state index contributed by atoms with van der Waals surface area (Å²) in [5.74, 6) is -3.96. The molecule has 0 aliphatic carbocycles. The van der Waals surface area contributed by atoms with E-state index in [1.807, 2.05) is 0 Å². The van der Waals surface area contributed by atoms with Crippen LogP contribution < -0.4 is 5.32 Å². The minimum Gasteiger partial charge on any atom is -0.481 e. The molecule has 7 heteroatoms. The van der Waals surface area contributed by atoms with Crippen molar-refractivity contribution in [1.82, 2.24) is 5.32 Å². The van der Waals surface area contributed by atoms with E-state index in [-0.39, 0.29) is 6.54 Å². The number of amides is 1. The molecule has 2 N–H and O–H groups in total. The summed E-state index contributed by atoms with van der Waals surface area (Å²) in [5.41, 5.74) is -0.772. The third kappa shape index (κ3) is 4.80. The van der Waals surface area contributed by atoms with Crippen molar-refractivity contribution < 1.29 is 23.5 Å². The fourth-order valence-corrected chi connectivity index (χ4v) is 1.77. The first kappa shape index (κ1) is 16.4. The fourth-order valence-electron chi connectivity index (χ4n) is 1.27. The maximum atomic E-state index is 12.1. The van der Waals surface area contributed by atoms with Gasteiger partial charge in [-0.1, -0.05) is 11.8 Å². The standard InChI is InChI=1S/C13H15F2NO3S/c1-13(2,11(18)19)7-16-10(17)8-3-5-9(6-4-8)20-12(14)15/h3-6,12H,7H2,1-2H3,(H,16,17)(H,18,19). The van der Waals surface area contributed by atoms with Gasteiger partial charge in [0.15, 0.2) is 0 Å². The summed E-state index contributed by atoms with van der Waals surface area (Å²) in [6, 6.07) is 5.70. The number of aliphatic carboxylic acids is 1. The Kier molecular flexibility index (Phi) is 5.50. The van der Waals surface area contributed by atoms with Crippen molar-refractivity contribution in [2.75, 3.05) is 6.54 Å². The van der Waals surface area contributed by atoms with Crippen LogP contribution >= 0.6 is 11.8 Å². The molecule has 20 heavy (non-hydrogen) atoms. The number of alkyl halides is 2. The maximum absolute atomic E-state index is 12.1. The zero-order valence-electron chi connectivity index (χ0n) is 11.0. The van der Waals surface area contributed by atoms with Crippen LogP contribution in [0.3, 0.4) is 0 Å². The second-order valence-corrected chi connectivity index (χ2v) is 5.84. The number of halogens is 2. The number of carbonyl (C=O) groups excluding carboxylic acids is 1. The third-order valence-electron chi connectivity index (χ3n) is 2.61. The highest BCUT2D eigenvalue weighted by atomic mass is 32.2. The van der Waals surface area contributed by atoms with Crippen molar-refractivity contribution in [3.8, 4) is 0 Å². The van der Waals surface area contributed by atoms with Gasteiger partial charge in [0.2, 0.25) is 0 Å². The quantitative estimate of drug-likeness (QED) is 0.793. The largest absolute Gasteiger partial charge is 0.481 e. The molecule has 1 aromatic carbocycles. The van der Waals surface area contributed by atoms with E-state index in [0.717, 1.165) is 0 Å². The Labute approximate surface area is 119 Å². The van der Waals surface area contributed by atoms with Crippen molar-refractivity contribution >= 4 is 23.6 Å². The van der Waals surface area contributed by atoms with Gasteiger partial charge in [-0.3, -0.25) is 9.59 Å². The van der Waals surface area contributed by atoms with Crippen LogP contribution in [-0.2, 0) is 4.79 Å². The van der Waals surface area contributed by atoms with Crippen molar-refractivity contribution in [1.29, 1.82) is 0 Å². The van der Waals surface area contributed by atoms with Gasteiger partial charge in [0.25, 0.3) is 11.7 Å². The summed E-state index contributed by atoms with van der Waals surface area (Å²) in [6.45, 7) is 2.98. The molecule has 0 aromatic heterocycles. The van der Waals surface area contributed by atoms with Crippen LogP contribution in [0.2, 0.25) is 0 Å². The topological polar surface area (TPSA) is 66.4 Å². The normalized spacial score (nSPS) is 11.4. The minimum atomic E-state index is -2.51. The van der Waals surface area contributed by atoms with Gasteiger partial charge >= 0.3 is 5.97 Å². The second kappa shape index (κ2) is 6.69. The van der Waals surface area contributed by atoms with Crippen LogP contribution in [0.25, 0.3) is 0 Å². The second-order valence-electron chi connectivity index (χ2n) is 4.77. The van der Waals surface area contributed by atoms with Crippen molar-refractivity contribution in [2.24, 2.45) is 5.41 Å². The monoisotopic (exact) mass is 303 g/mol. The average molecular weight is 303 g/mol. The molecular weight excluding hydrogens is 288 g/mol. The molecule has 0 unspecified atom stereocenters. The highest BCUT2D eigenvalue weighted by Gasteiger charge is 2.27. The first-order valence-electron chi connectivity index (χ1n) is 5.79. The van der Waals surface area contributed by atoms with Crippen LogP contribution in [0, 0.1) is 5.41 Å². The molecule has 0 aliphatic heterocycles. The lowest BCUT2D eigenvalue weighted by atomic mass is 9.94. The van der Waals surface area contributed by atoms with E-state index in [2.05, 4.69) is 5.32 Å². The molecule has 4 nitrogen and oxygen atoms in total. The first-order chi connectivity index (χ1) is 9.22. The molecule has 0 fully saturated rings. The number of rotatable bonds is 6. The lowest BCUT2D eigenvalue weighted by Crippen LogP contribution is -2.38.